The van der Waals surface area contributed by atoms with Crippen LogP contribution in [-0.2, 0) is 0 Å². The van der Waals surface area contributed by atoms with Crippen LogP contribution in [0.4, 0.5) is 5.69 Å². The van der Waals surface area contributed by atoms with Gasteiger partial charge in [-0.2, -0.15) is 0 Å². The van der Waals surface area contributed by atoms with Crippen LogP contribution >= 0.6 is 0 Å². The van der Waals surface area contributed by atoms with Crippen LogP contribution in [0.3, 0.4) is 0 Å². The summed E-state index contributed by atoms with van der Waals surface area (Å²) >= 11 is 0. The van der Waals surface area contributed by atoms with E-state index in [1.54, 1.807) is 6.07 Å². The lowest BCUT2D eigenvalue weighted by Crippen LogP contribution is -2.44. The van der Waals surface area contributed by atoms with E-state index in [0.29, 0.717) is 5.56 Å². The highest BCUT2D eigenvalue weighted by molar-refractivity contribution is 5.95. The van der Waals surface area contributed by atoms with Crippen molar-refractivity contribution < 1.29 is 15.0 Å². The molecular weight excluding hydrogens is 244 g/mol. The molecule has 1 aliphatic rings. The zero-order valence-electron chi connectivity index (χ0n) is 10.9. The number of aliphatic hydroxyl groups is 1. The highest BCUT2D eigenvalue weighted by atomic mass is 16.3. The number of carbonyl (C=O) groups excluding carboxylic acids is 1. The van der Waals surface area contributed by atoms with Gasteiger partial charge in [0.1, 0.15) is 5.75 Å². The summed E-state index contributed by atoms with van der Waals surface area (Å²) in [6.07, 6.45) is 4.58. The molecule has 0 unspecified atom stereocenters. The lowest BCUT2D eigenvalue weighted by Gasteiger charge is -2.32. The molecule has 2 rings (SSSR count). The van der Waals surface area contributed by atoms with Crippen LogP contribution in [0.2, 0.25) is 0 Å². The molecule has 1 aromatic rings. The van der Waals surface area contributed by atoms with Crippen molar-refractivity contribution in [1.29, 1.82) is 0 Å². The van der Waals surface area contributed by atoms with E-state index in [4.69, 9.17) is 5.73 Å². The van der Waals surface area contributed by atoms with Crippen molar-refractivity contribution in [3.8, 4) is 5.75 Å². The van der Waals surface area contributed by atoms with Crippen molar-refractivity contribution in [2.75, 3.05) is 12.3 Å². The summed E-state index contributed by atoms with van der Waals surface area (Å²) in [6, 6.07) is 4.37. The third kappa shape index (κ3) is 3.38. The second-order valence-corrected chi connectivity index (χ2v) is 5.24. The Balaban J connectivity index is 1.95. The first-order valence-corrected chi connectivity index (χ1v) is 6.59. The van der Waals surface area contributed by atoms with Gasteiger partial charge in [0.05, 0.1) is 11.3 Å². The van der Waals surface area contributed by atoms with Gasteiger partial charge in [0.15, 0.2) is 0 Å². The molecule has 19 heavy (non-hydrogen) atoms. The van der Waals surface area contributed by atoms with Crippen molar-refractivity contribution in [2.45, 2.75) is 37.7 Å². The minimum atomic E-state index is -0.788. The molecule has 1 aliphatic carbocycles. The van der Waals surface area contributed by atoms with E-state index in [1.807, 2.05) is 0 Å². The quantitative estimate of drug-likeness (QED) is 0.490. The van der Waals surface area contributed by atoms with Crippen molar-refractivity contribution in [1.82, 2.24) is 5.32 Å². The molecule has 0 radical (unpaired) electrons. The molecule has 1 saturated carbocycles. The Morgan fingerprint density at radius 1 is 1.32 bits per heavy atom. The summed E-state index contributed by atoms with van der Waals surface area (Å²) < 4.78 is 0. The molecule has 104 valence electrons. The van der Waals surface area contributed by atoms with Crippen molar-refractivity contribution >= 4 is 11.6 Å². The topological polar surface area (TPSA) is 95.6 Å². The SMILES string of the molecule is Nc1ccc(C(=O)NCC2(O)CCCCC2)cc1O. The van der Waals surface area contributed by atoms with E-state index < -0.39 is 5.60 Å². The number of nitrogens with two attached hydrogens (primary N) is 1. The van der Waals surface area contributed by atoms with Gasteiger partial charge >= 0.3 is 0 Å². The second kappa shape index (κ2) is 5.48. The summed E-state index contributed by atoms with van der Waals surface area (Å²) in [5.41, 5.74) is 5.27. The number of nitrogens with one attached hydrogen (secondary N) is 1. The average Bonchev–Trinajstić information content (AvgIpc) is 2.40. The predicted molar refractivity (Wildman–Crippen MR) is 72.9 cm³/mol. The van der Waals surface area contributed by atoms with Crippen LogP contribution < -0.4 is 11.1 Å². The third-order valence-corrected chi connectivity index (χ3v) is 3.65. The van der Waals surface area contributed by atoms with E-state index in [0.717, 1.165) is 32.1 Å². The number of phenolic OH excluding ortho intramolecular Hbond substituents is 1. The van der Waals surface area contributed by atoms with Crippen molar-refractivity contribution in [3.63, 3.8) is 0 Å². The Hall–Kier alpha value is -1.75. The monoisotopic (exact) mass is 264 g/mol. The molecule has 1 amide bonds. The molecule has 5 N–H and O–H groups in total. The maximum absolute atomic E-state index is 11.9. The van der Waals surface area contributed by atoms with Gasteiger partial charge in [-0.25, -0.2) is 0 Å². The predicted octanol–water partition coefficient (Wildman–Crippen LogP) is 1.40. The molecule has 5 nitrogen and oxygen atoms in total. The minimum Gasteiger partial charge on any atom is -0.506 e. The molecule has 0 aliphatic heterocycles. The van der Waals surface area contributed by atoms with Crippen LogP contribution in [0.25, 0.3) is 0 Å². The fourth-order valence-electron chi connectivity index (χ4n) is 2.42. The fourth-order valence-corrected chi connectivity index (χ4v) is 2.42. The maximum Gasteiger partial charge on any atom is 0.251 e. The number of rotatable bonds is 3. The average molecular weight is 264 g/mol. The lowest BCUT2D eigenvalue weighted by molar-refractivity contribution is 0.00526. The Bertz CT molecular complexity index is 468. The largest absolute Gasteiger partial charge is 0.506 e. The number of hydrogen-bond donors (Lipinski definition) is 4. The van der Waals surface area contributed by atoms with E-state index in [1.165, 1.54) is 12.1 Å². The minimum absolute atomic E-state index is 0.107. The Kier molecular flexibility index (Phi) is 3.95. The zero-order chi connectivity index (χ0) is 13.9. The highest BCUT2D eigenvalue weighted by Gasteiger charge is 2.29. The number of phenols is 1. The first-order chi connectivity index (χ1) is 9.00. The number of carbonyl (C=O) groups is 1. The molecule has 0 saturated heterocycles. The third-order valence-electron chi connectivity index (χ3n) is 3.65. The summed E-state index contributed by atoms with van der Waals surface area (Å²) in [6.45, 7) is 0.247. The molecule has 0 heterocycles. The molecule has 0 aromatic heterocycles. The molecule has 5 heteroatoms. The van der Waals surface area contributed by atoms with Crippen molar-refractivity contribution in [2.24, 2.45) is 0 Å². The zero-order valence-corrected chi connectivity index (χ0v) is 10.9. The molecule has 0 spiro atoms. The highest BCUT2D eigenvalue weighted by Crippen LogP contribution is 2.27. The van der Waals surface area contributed by atoms with E-state index >= 15 is 0 Å². The molecule has 1 fully saturated rings. The Morgan fingerprint density at radius 3 is 2.63 bits per heavy atom. The van der Waals surface area contributed by atoms with Gasteiger partial charge in [-0.3, -0.25) is 4.79 Å². The van der Waals surface area contributed by atoms with Gasteiger partial charge in [0.25, 0.3) is 5.91 Å². The normalized spacial score (nSPS) is 17.9. The Morgan fingerprint density at radius 2 is 2.00 bits per heavy atom. The summed E-state index contributed by atoms with van der Waals surface area (Å²) in [5, 5.41) is 22.5. The van der Waals surface area contributed by atoms with Gasteiger partial charge in [0.2, 0.25) is 0 Å². The number of hydrogen-bond acceptors (Lipinski definition) is 4. The lowest BCUT2D eigenvalue weighted by atomic mass is 9.85. The van der Waals surface area contributed by atoms with Gasteiger partial charge in [-0.05, 0) is 31.0 Å². The van der Waals surface area contributed by atoms with E-state index in [-0.39, 0.29) is 23.9 Å². The number of aromatic hydroxyl groups is 1. The molecular formula is C14H20N2O3. The molecule has 0 atom stereocenters. The second-order valence-electron chi connectivity index (χ2n) is 5.24. The van der Waals surface area contributed by atoms with Crippen LogP contribution in [0.5, 0.6) is 5.75 Å². The van der Waals surface area contributed by atoms with Crippen molar-refractivity contribution in [3.05, 3.63) is 23.8 Å². The number of nitrogen functional groups attached to an aromatic ring is 1. The summed E-state index contributed by atoms with van der Waals surface area (Å²) in [5.74, 6) is -0.418. The fraction of sp³-hybridized carbons (Fsp3) is 0.500. The summed E-state index contributed by atoms with van der Waals surface area (Å²) in [7, 11) is 0. The molecule has 0 bridgehead atoms. The number of benzene rings is 1. The number of amides is 1. The van der Waals surface area contributed by atoms with E-state index in [2.05, 4.69) is 5.32 Å². The van der Waals surface area contributed by atoms with Gasteiger partial charge in [-0.1, -0.05) is 19.3 Å². The first kappa shape index (κ1) is 13.7. The van der Waals surface area contributed by atoms with E-state index in [9.17, 15) is 15.0 Å². The molecule has 1 aromatic carbocycles. The van der Waals surface area contributed by atoms with Gasteiger partial charge < -0.3 is 21.3 Å². The first-order valence-electron chi connectivity index (χ1n) is 6.59. The smallest absolute Gasteiger partial charge is 0.251 e. The van der Waals surface area contributed by atoms with Crippen LogP contribution in [0.1, 0.15) is 42.5 Å². The van der Waals surface area contributed by atoms with Gasteiger partial charge in [0, 0.05) is 12.1 Å². The maximum atomic E-state index is 11.9. The van der Waals surface area contributed by atoms with Crippen LogP contribution in [0, 0.1) is 0 Å². The summed E-state index contributed by atoms with van der Waals surface area (Å²) in [4.78, 5) is 11.9. The van der Waals surface area contributed by atoms with Gasteiger partial charge in [-0.15, -0.1) is 0 Å². The standard InChI is InChI=1S/C14H20N2O3/c15-11-5-4-10(8-12(11)17)13(18)16-9-14(19)6-2-1-3-7-14/h4-5,8,17,19H,1-3,6-7,9,15H2,(H,16,18). The van der Waals surface area contributed by atoms with Crippen LogP contribution in [0.15, 0.2) is 18.2 Å². The Labute approximate surface area is 112 Å². The van der Waals surface area contributed by atoms with Crippen LogP contribution in [-0.4, -0.2) is 28.3 Å². The number of anilines is 1.